The van der Waals surface area contributed by atoms with Crippen molar-refractivity contribution in [2.45, 2.75) is 51.6 Å². The smallest absolute Gasteiger partial charge is 0.257 e. The first-order valence-corrected chi connectivity index (χ1v) is 12.8. The van der Waals surface area contributed by atoms with Crippen molar-refractivity contribution in [2.24, 2.45) is 16.9 Å². The number of rotatable bonds is 6. The Morgan fingerprint density at radius 2 is 1.80 bits per heavy atom. The predicted molar refractivity (Wildman–Crippen MR) is 142 cm³/mol. The van der Waals surface area contributed by atoms with E-state index in [1.807, 2.05) is 24.3 Å². The fourth-order valence-corrected chi connectivity index (χ4v) is 5.54. The highest BCUT2D eigenvalue weighted by atomic mass is 16.5. The van der Waals surface area contributed by atoms with Crippen molar-refractivity contribution in [1.29, 1.82) is 0 Å². The van der Waals surface area contributed by atoms with Crippen LogP contribution < -0.4 is 10.1 Å². The SMILES string of the molecule is COc1ccc([C@H]2CC(c3ccc4ccccc4c3)=NN2C(=O)CN[C@H]2CCC[C@@H](C)[C@@H]2C)cc1. The largest absolute Gasteiger partial charge is 0.497 e. The maximum absolute atomic E-state index is 13.5. The molecule has 0 aromatic heterocycles. The molecule has 1 N–H and O–H groups in total. The number of nitrogens with zero attached hydrogens (tertiary/aromatic N) is 2. The molecule has 1 heterocycles. The molecule has 1 amide bonds. The quantitative estimate of drug-likeness (QED) is 0.486. The van der Waals surface area contributed by atoms with Crippen molar-refractivity contribution in [2.75, 3.05) is 13.7 Å². The number of ether oxygens (including phenoxy) is 1. The highest BCUT2D eigenvalue weighted by Crippen LogP contribution is 2.34. The molecular weight excluding hydrogens is 434 g/mol. The number of hydrogen-bond acceptors (Lipinski definition) is 4. The van der Waals surface area contributed by atoms with Crippen molar-refractivity contribution >= 4 is 22.4 Å². The summed E-state index contributed by atoms with van der Waals surface area (Å²) in [6.07, 6.45) is 4.32. The van der Waals surface area contributed by atoms with Crippen LogP contribution in [0.1, 0.15) is 56.7 Å². The van der Waals surface area contributed by atoms with Gasteiger partial charge in [0, 0.05) is 12.5 Å². The molecule has 0 radical (unpaired) electrons. The van der Waals surface area contributed by atoms with Gasteiger partial charge in [-0.05, 0) is 58.4 Å². The Labute approximate surface area is 208 Å². The molecule has 0 spiro atoms. The number of hydrazone groups is 1. The van der Waals surface area contributed by atoms with Gasteiger partial charge >= 0.3 is 0 Å². The van der Waals surface area contributed by atoms with Crippen LogP contribution in [0.25, 0.3) is 10.8 Å². The van der Waals surface area contributed by atoms with Gasteiger partial charge in [-0.3, -0.25) is 4.79 Å². The van der Waals surface area contributed by atoms with Crippen molar-refractivity contribution in [3.05, 3.63) is 77.9 Å². The molecule has 3 aromatic rings. The van der Waals surface area contributed by atoms with E-state index >= 15 is 0 Å². The second kappa shape index (κ2) is 10.2. The molecule has 1 aliphatic carbocycles. The molecule has 5 heteroatoms. The highest BCUT2D eigenvalue weighted by molar-refractivity contribution is 6.05. The molecule has 0 unspecified atom stereocenters. The van der Waals surface area contributed by atoms with Crippen LogP contribution in [0.5, 0.6) is 5.75 Å². The maximum atomic E-state index is 13.5. The Hall–Kier alpha value is -3.18. The van der Waals surface area contributed by atoms with E-state index in [4.69, 9.17) is 9.84 Å². The van der Waals surface area contributed by atoms with Gasteiger partial charge in [-0.1, -0.05) is 75.2 Å². The number of amides is 1. The normalized spacial score (nSPS) is 24.4. The van der Waals surface area contributed by atoms with Gasteiger partial charge in [-0.25, -0.2) is 5.01 Å². The molecule has 0 saturated heterocycles. The third-order valence-corrected chi connectivity index (χ3v) is 7.97. The van der Waals surface area contributed by atoms with Crippen LogP contribution >= 0.6 is 0 Å². The summed E-state index contributed by atoms with van der Waals surface area (Å²) in [5, 5.41) is 12.5. The Morgan fingerprint density at radius 3 is 2.57 bits per heavy atom. The summed E-state index contributed by atoms with van der Waals surface area (Å²) in [7, 11) is 1.67. The molecule has 1 saturated carbocycles. The molecule has 182 valence electrons. The zero-order valence-corrected chi connectivity index (χ0v) is 20.9. The van der Waals surface area contributed by atoms with Gasteiger partial charge < -0.3 is 10.1 Å². The third-order valence-electron chi connectivity index (χ3n) is 7.97. The standard InChI is InChI=1S/C30H35N3O2/c1-20-7-6-10-27(21(20)2)31-19-30(34)33-29(23-13-15-26(35-3)16-14-23)18-28(32-33)25-12-11-22-8-4-5-9-24(22)17-25/h4-5,8-9,11-17,20-21,27,29,31H,6-7,10,18-19H2,1-3H3/t20-,21+,27+,29-/m1/s1. The average Bonchev–Trinajstić information content (AvgIpc) is 3.35. The molecule has 35 heavy (non-hydrogen) atoms. The summed E-state index contributed by atoms with van der Waals surface area (Å²) < 4.78 is 5.34. The topological polar surface area (TPSA) is 53.9 Å². The lowest BCUT2D eigenvalue weighted by Crippen LogP contribution is -2.45. The molecule has 2 aliphatic rings. The van der Waals surface area contributed by atoms with Crippen LogP contribution in [-0.4, -0.2) is 36.3 Å². The van der Waals surface area contributed by atoms with E-state index in [1.165, 1.54) is 23.6 Å². The lowest BCUT2D eigenvalue weighted by atomic mass is 9.78. The molecule has 5 rings (SSSR count). The maximum Gasteiger partial charge on any atom is 0.257 e. The van der Waals surface area contributed by atoms with Gasteiger partial charge in [-0.2, -0.15) is 5.10 Å². The second-order valence-corrected chi connectivity index (χ2v) is 10.1. The summed E-state index contributed by atoms with van der Waals surface area (Å²) in [6.45, 7) is 4.93. The van der Waals surface area contributed by atoms with E-state index in [-0.39, 0.29) is 11.9 Å². The zero-order chi connectivity index (χ0) is 24.4. The van der Waals surface area contributed by atoms with Crippen molar-refractivity contribution in [1.82, 2.24) is 10.3 Å². The molecular formula is C30H35N3O2. The van der Waals surface area contributed by atoms with Crippen molar-refractivity contribution < 1.29 is 9.53 Å². The monoisotopic (exact) mass is 469 g/mol. The molecule has 5 nitrogen and oxygen atoms in total. The number of hydrogen-bond donors (Lipinski definition) is 1. The van der Waals surface area contributed by atoms with Crippen molar-refractivity contribution in [3.8, 4) is 5.75 Å². The van der Waals surface area contributed by atoms with Crippen LogP contribution in [0.15, 0.2) is 71.8 Å². The summed E-state index contributed by atoms with van der Waals surface area (Å²) in [6, 6.07) is 23.0. The second-order valence-electron chi connectivity index (χ2n) is 10.1. The number of benzene rings is 3. The summed E-state index contributed by atoms with van der Waals surface area (Å²) in [4.78, 5) is 13.5. The van der Waals surface area contributed by atoms with E-state index in [9.17, 15) is 4.79 Å². The Bertz CT molecular complexity index is 1220. The van der Waals surface area contributed by atoms with E-state index in [0.717, 1.165) is 29.0 Å². The van der Waals surface area contributed by atoms with Gasteiger partial charge in [0.1, 0.15) is 5.75 Å². The molecule has 1 fully saturated rings. The number of fused-ring (bicyclic) bond motifs is 1. The van der Waals surface area contributed by atoms with E-state index in [2.05, 4.69) is 61.6 Å². The first-order chi connectivity index (χ1) is 17.0. The minimum atomic E-state index is -0.126. The molecule has 0 bridgehead atoms. The van der Waals surface area contributed by atoms with Crippen LogP contribution in [-0.2, 0) is 4.79 Å². The number of nitrogens with one attached hydrogen (secondary N) is 1. The Balaban J connectivity index is 1.40. The lowest BCUT2D eigenvalue weighted by Gasteiger charge is -2.35. The van der Waals surface area contributed by atoms with Gasteiger partial charge in [0.15, 0.2) is 0 Å². The molecule has 3 aromatic carbocycles. The number of carbonyl (C=O) groups excluding carboxylic acids is 1. The van der Waals surface area contributed by atoms with Gasteiger partial charge in [0.2, 0.25) is 0 Å². The lowest BCUT2D eigenvalue weighted by molar-refractivity contribution is -0.132. The van der Waals surface area contributed by atoms with Crippen LogP contribution in [0, 0.1) is 11.8 Å². The molecule has 1 aliphatic heterocycles. The fourth-order valence-electron chi connectivity index (χ4n) is 5.54. The van der Waals surface area contributed by atoms with E-state index < -0.39 is 0 Å². The van der Waals surface area contributed by atoms with Gasteiger partial charge in [0.25, 0.3) is 5.91 Å². The van der Waals surface area contributed by atoms with E-state index in [1.54, 1.807) is 12.1 Å². The third kappa shape index (κ3) is 4.96. The fraction of sp³-hybridized carbons (Fsp3) is 0.400. The summed E-state index contributed by atoms with van der Waals surface area (Å²) >= 11 is 0. The highest BCUT2D eigenvalue weighted by Gasteiger charge is 2.34. The Morgan fingerprint density at radius 1 is 1.03 bits per heavy atom. The van der Waals surface area contributed by atoms with Crippen LogP contribution in [0.4, 0.5) is 0 Å². The van der Waals surface area contributed by atoms with Crippen LogP contribution in [0.3, 0.4) is 0 Å². The van der Waals surface area contributed by atoms with Gasteiger partial charge in [-0.15, -0.1) is 0 Å². The Kier molecular flexibility index (Phi) is 6.87. The minimum absolute atomic E-state index is 0.0204. The minimum Gasteiger partial charge on any atom is -0.497 e. The van der Waals surface area contributed by atoms with Gasteiger partial charge in [0.05, 0.1) is 25.4 Å². The molecule has 4 atom stereocenters. The first-order valence-electron chi connectivity index (χ1n) is 12.8. The number of carbonyl (C=O) groups is 1. The first kappa shape index (κ1) is 23.6. The average molecular weight is 470 g/mol. The summed E-state index contributed by atoms with van der Waals surface area (Å²) in [5.41, 5.74) is 3.09. The van der Waals surface area contributed by atoms with Crippen LogP contribution in [0.2, 0.25) is 0 Å². The number of methoxy groups -OCH3 is 1. The van der Waals surface area contributed by atoms with E-state index in [0.29, 0.717) is 30.8 Å². The van der Waals surface area contributed by atoms with Crippen molar-refractivity contribution in [3.63, 3.8) is 0 Å². The predicted octanol–water partition coefficient (Wildman–Crippen LogP) is 5.94. The zero-order valence-electron chi connectivity index (χ0n) is 20.9. The summed E-state index contributed by atoms with van der Waals surface area (Å²) in [5.74, 6) is 2.09.